The zero-order chi connectivity index (χ0) is 23.6. The van der Waals surface area contributed by atoms with Gasteiger partial charge in [-0.1, -0.05) is 12.1 Å². The number of nitrogens with one attached hydrogen (secondary N) is 1. The Morgan fingerprint density at radius 3 is 1.97 bits per heavy atom. The molecule has 11 heteroatoms. The Morgan fingerprint density at radius 1 is 1.03 bits per heavy atom. The number of alkyl halides is 5. The summed E-state index contributed by atoms with van der Waals surface area (Å²) in [5.74, 6) is -4.87. The van der Waals surface area contributed by atoms with Gasteiger partial charge in [-0.25, -0.2) is 4.79 Å². The van der Waals surface area contributed by atoms with Crippen LogP contribution in [-0.4, -0.2) is 47.7 Å². The Morgan fingerprint density at radius 2 is 1.52 bits per heavy atom. The van der Waals surface area contributed by atoms with Gasteiger partial charge in [0.15, 0.2) is 6.04 Å². The molecule has 1 fully saturated rings. The number of amides is 2. The maximum absolute atomic E-state index is 14.7. The lowest BCUT2D eigenvalue weighted by molar-refractivity contribution is -0.144. The van der Waals surface area contributed by atoms with Crippen molar-refractivity contribution in [2.45, 2.75) is 63.4 Å². The molecular formula is C20H26F5N3O3. The number of benzene rings is 1. The predicted octanol–water partition coefficient (Wildman–Crippen LogP) is 3.64. The number of likely N-dealkylation sites (tertiary alicyclic amines) is 1. The standard InChI is InChI=1S/C20H26F5N3O3/c1-18(2,3)31-17(30)27-14-8-10-28(11-9-14)16(29)15(26)19(21,22)12-4-6-13(7-5-12)20(23,24)25/h4-7,14-15H,8-11,26H2,1-3H3,(H,27,30). The number of hydrogen-bond donors (Lipinski definition) is 2. The van der Waals surface area contributed by atoms with E-state index < -0.39 is 46.9 Å². The van der Waals surface area contributed by atoms with Gasteiger partial charge in [0.1, 0.15) is 5.60 Å². The van der Waals surface area contributed by atoms with E-state index in [2.05, 4.69) is 5.32 Å². The van der Waals surface area contributed by atoms with Crippen molar-refractivity contribution in [3.8, 4) is 0 Å². The number of nitrogens with two attached hydrogens (primary N) is 1. The third kappa shape index (κ3) is 6.52. The van der Waals surface area contributed by atoms with Crippen LogP contribution in [0, 0.1) is 0 Å². The monoisotopic (exact) mass is 451 g/mol. The molecule has 0 spiro atoms. The number of carbonyl (C=O) groups excluding carboxylic acids is 2. The van der Waals surface area contributed by atoms with Crippen LogP contribution in [0.2, 0.25) is 0 Å². The third-order valence-electron chi connectivity index (χ3n) is 4.78. The quantitative estimate of drug-likeness (QED) is 0.685. The summed E-state index contributed by atoms with van der Waals surface area (Å²) in [5, 5.41) is 2.67. The number of rotatable bonds is 4. The number of alkyl carbamates (subject to hydrolysis) is 1. The molecule has 1 aromatic rings. The first-order valence-electron chi connectivity index (χ1n) is 9.70. The van der Waals surface area contributed by atoms with Crippen LogP contribution in [0.5, 0.6) is 0 Å². The summed E-state index contributed by atoms with van der Waals surface area (Å²) < 4.78 is 72.4. The van der Waals surface area contributed by atoms with E-state index in [9.17, 15) is 31.5 Å². The Hall–Kier alpha value is -2.43. The molecule has 1 aliphatic rings. The van der Waals surface area contributed by atoms with Gasteiger partial charge in [0.05, 0.1) is 5.56 Å². The minimum atomic E-state index is -4.66. The van der Waals surface area contributed by atoms with Crippen molar-refractivity contribution in [1.29, 1.82) is 0 Å². The number of carbonyl (C=O) groups is 2. The fourth-order valence-corrected chi connectivity index (χ4v) is 3.13. The fourth-order valence-electron chi connectivity index (χ4n) is 3.13. The summed E-state index contributed by atoms with van der Waals surface area (Å²) in [5.41, 5.74) is 2.99. The van der Waals surface area contributed by atoms with Crippen LogP contribution in [0.1, 0.15) is 44.7 Å². The molecule has 0 aromatic heterocycles. The average Bonchev–Trinajstić information content (AvgIpc) is 2.65. The van der Waals surface area contributed by atoms with Gasteiger partial charge in [0.2, 0.25) is 5.91 Å². The molecule has 31 heavy (non-hydrogen) atoms. The summed E-state index contributed by atoms with van der Waals surface area (Å²) in [6, 6.07) is -0.257. The predicted molar refractivity (Wildman–Crippen MR) is 102 cm³/mol. The van der Waals surface area contributed by atoms with Crippen molar-refractivity contribution in [2.75, 3.05) is 13.1 Å². The first-order valence-corrected chi connectivity index (χ1v) is 9.70. The van der Waals surface area contributed by atoms with Gasteiger partial charge in [0, 0.05) is 24.7 Å². The smallest absolute Gasteiger partial charge is 0.416 e. The molecule has 0 saturated carbocycles. The highest BCUT2D eigenvalue weighted by Crippen LogP contribution is 2.35. The van der Waals surface area contributed by atoms with Crippen LogP contribution in [-0.2, 0) is 21.6 Å². The van der Waals surface area contributed by atoms with Crippen molar-refractivity contribution < 1.29 is 36.3 Å². The van der Waals surface area contributed by atoms with Crippen molar-refractivity contribution >= 4 is 12.0 Å². The van der Waals surface area contributed by atoms with Crippen LogP contribution in [0.3, 0.4) is 0 Å². The molecule has 1 aliphatic heterocycles. The summed E-state index contributed by atoms with van der Waals surface area (Å²) in [6.07, 6.45) is -4.63. The number of ether oxygens (including phenoxy) is 1. The Balaban J connectivity index is 1.96. The molecule has 174 valence electrons. The lowest BCUT2D eigenvalue weighted by Gasteiger charge is -2.35. The number of halogens is 5. The van der Waals surface area contributed by atoms with Crippen LogP contribution in [0.25, 0.3) is 0 Å². The van der Waals surface area contributed by atoms with E-state index in [-0.39, 0.29) is 19.1 Å². The second-order valence-corrected chi connectivity index (χ2v) is 8.42. The molecule has 1 saturated heterocycles. The first-order chi connectivity index (χ1) is 14.1. The van der Waals surface area contributed by atoms with Crippen molar-refractivity contribution in [1.82, 2.24) is 10.2 Å². The average molecular weight is 451 g/mol. The summed E-state index contributed by atoms with van der Waals surface area (Å²) in [4.78, 5) is 25.5. The first kappa shape index (κ1) is 24.8. The summed E-state index contributed by atoms with van der Waals surface area (Å²) in [6.45, 7) is 5.33. The topological polar surface area (TPSA) is 84.7 Å². The van der Waals surface area contributed by atoms with Gasteiger partial charge in [-0.3, -0.25) is 4.79 Å². The van der Waals surface area contributed by atoms with E-state index in [1.54, 1.807) is 20.8 Å². The normalized spacial score (nSPS) is 17.3. The SMILES string of the molecule is CC(C)(C)OC(=O)NC1CCN(C(=O)C(N)C(F)(F)c2ccc(C(F)(F)F)cc2)CC1. The second kappa shape index (κ2) is 8.97. The van der Waals surface area contributed by atoms with Crippen molar-refractivity contribution in [3.05, 3.63) is 35.4 Å². The summed E-state index contributed by atoms with van der Waals surface area (Å²) >= 11 is 0. The van der Waals surface area contributed by atoms with E-state index in [4.69, 9.17) is 10.5 Å². The van der Waals surface area contributed by atoms with Gasteiger partial charge in [-0.2, -0.15) is 22.0 Å². The number of hydrogen-bond acceptors (Lipinski definition) is 4. The zero-order valence-electron chi connectivity index (χ0n) is 17.4. The lowest BCUT2D eigenvalue weighted by Crippen LogP contribution is -2.55. The maximum Gasteiger partial charge on any atom is 0.416 e. The van der Waals surface area contributed by atoms with Gasteiger partial charge < -0.3 is 20.7 Å². The van der Waals surface area contributed by atoms with E-state index in [1.165, 1.54) is 0 Å². The van der Waals surface area contributed by atoms with Crippen LogP contribution in [0.15, 0.2) is 24.3 Å². The number of nitrogens with zero attached hydrogens (tertiary/aromatic N) is 1. The van der Waals surface area contributed by atoms with E-state index in [1.807, 2.05) is 0 Å². The Bertz CT molecular complexity index is 783. The minimum absolute atomic E-state index is 0.0933. The van der Waals surface area contributed by atoms with Crippen LogP contribution >= 0.6 is 0 Å². The molecule has 3 N–H and O–H groups in total. The molecule has 1 heterocycles. The highest BCUT2D eigenvalue weighted by Gasteiger charge is 2.46. The molecule has 2 rings (SSSR count). The molecule has 1 atom stereocenters. The van der Waals surface area contributed by atoms with Gasteiger partial charge in [-0.15, -0.1) is 0 Å². The van der Waals surface area contributed by atoms with Crippen molar-refractivity contribution in [3.63, 3.8) is 0 Å². The molecule has 1 unspecified atom stereocenters. The minimum Gasteiger partial charge on any atom is -0.444 e. The Labute approximate surface area is 176 Å². The highest BCUT2D eigenvalue weighted by molar-refractivity contribution is 5.83. The maximum atomic E-state index is 14.7. The molecule has 0 bridgehead atoms. The summed E-state index contributed by atoms with van der Waals surface area (Å²) in [7, 11) is 0. The Kier molecular flexibility index (Phi) is 7.19. The molecule has 1 aromatic carbocycles. The molecule has 6 nitrogen and oxygen atoms in total. The van der Waals surface area contributed by atoms with Gasteiger partial charge in [-0.05, 0) is 45.7 Å². The van der Waals surface area contributed by atoms with Gasteiger partial charge in [0.25, 0.3) is 5.92 Å². The third-order valence-corrected chi connectivity index (χ3v) is 4.78. The zero-order valence-corrected chi connectivity index (χ0v) is 17.4. The second-order valence-electron chi connectivity index (χ2n) is 8.42. The van der Waals surface area contributed by atoms with Crippen LogP contribution in [0.4, 0.5) is 26.7 Å². The fraction of sp³-hybridized carbons (Fsp3) is 0.600. The largest absolute Gasteiger partial charge is 0.444 e. The molecule has 0 aliphatic carbocycles. The molecule has 0 radical (unpaired) electrons. The van der Waals surface area contributed by atoms with Crippen molar-refractivity contribution in [2.24, 2.45) is 5.73 Å². The van der Waals surface area contributed by atoms with Gasteiger partial charge >= 0.3 is 12.3 Å². The van der Waals surface area contributed by atoms with E-state index >= 15 is 0 Å². The highest BCUT2D eigenvalue weighted by atomic mass is 19.4. The van der Waals surface area contributed by atoms with E-state index in [0.29, 0.717) is 37.1 Å². The molecular weight excluding hydrogens is 425 g/mol. The van der Waals surface area contributed by atoms with Crippen LogP contribution < -0.4 is 11.1 Å². The van der Waals surface area contributed by atoms with E-state index in [0.717, 1.165) is 4.90 Å². The molecule has 2 amide bonds. The number of piperidine rings is 1. The lowest BCUT2D eigenvalue weighted by atomic mass is 9.97.